The summed E-state index contributed by atoms with van der Waals surface area (Å²) in [5.41, 5.74) is 3.07. The molecule has 3 aromatic carbocycles. The first-order chi connectivity index (χ1) is 18.0. The summed E-state index contributed by atoms with van der Waals surface area (Å²) in [5.74, 6) is 0.776. The predicted octanol–water partition coefficient (Wildman–Crippen LogP) is 7.26. The van der Waals surface area contributed by atoms with Crippen LogP contribution in [0.4, 0.5) is 18.9 Å². The van der Waals surface area contributed by atoms with Gasteiger partial charge in [0.2, 0.25) is 0 Å². The number of hydrogen-bond acceptors (Lipinski definition) is 5. The Morgan fingerprint density at radius 2 is 1.58 bits per heavy atom. The van der Waals surface area contributed by atoms with E-state index < -0.39 is 6.36 Å². The molecule has 0 unspecified atom stereocenters. The van der Waals surface area contributed by atoms with Crippen LogP contribution in [-0.4, -0.2) is 42.8 Å². The van der Waals surface area contributed by atoms with Crippen LogP contribution in [0.1, 0.15) is 48.2 Å². The Bertz CT molecular complexity index is 1190. The summed E-state index contributed by atoms with van der Waals surface area (Å²) in [6.45, 7) is 7.57. The van der Waals surface area contributed by atoms with Crippen molar-refractivity contribution in [2.24, 2.45) is 0 Å². The van der Waals surface area contributed by atoms with E-state index in [4.69, 9.17) is 4.74 Å². The maximum atomic E-state index is 12.6. The summed E-state index contributed by atoms with van der Waals surface area (Å²) in [7, 11) is 1.67. The smallest absolute Gasteiger partial charge is 0.497 e. The molecule has 1 heterocycles. The molecule has 0 saturated carbocycles. The molecule has 0 aliphatic carbocycles. The van der Waals surface area contributed by atoms with E-state index in [0.29, 0.717) is 17.7 Å². The maximum Gasteiger partial charge on any atom is 0.573 e. The number of halogens is 3. The highest BCUT2D eigenvalue weighted by Gasteiger charge is 2.33. The van der Waals surface area contributed by atoms with Crippen LogP contribution in [0.2, 0.25) is 0 Å². The fourth-order valence-corrected chi connectivity index (χ4v) is 4.33. The highest BCUT2D eigenvalue weighted by molar-refractivity contribution is 5.99. The van der Waals surface area contributed by atoms with E-state index in [-0.39, 0.29) is 17.1 Å². The van der Waals surface area contributed by atoms with E-state index in [9.17, 15) is 18.0 Å². The Hall–Kier alpha value is -3.52. The first-order valence-corrected chi connectivity index (χ1v) is 12.5. The molecule has 0 spiro atoms. The van der Waals surface area contributed by atoms with Crippen LogP contribution in [-0.2, 0) is 6.54 Å². The zero-order chi connectivity index (χ0) is 27.8. The average molecular weight is 529 g/mol. The van der Waals surface area contributed by atoms with E-state index >= 15 is 0 Å². The lowest BCUT2D eigenvalue weighted by molar-refractivity contribution is -0.275. The number of anilines is 1. The number of piperidine rings is 1. The van der Waals surface area contributed by atoms with Gasteiger partial charge < -0.3 is 14.8 Å². The fraction of sp³-hybridized carbons (Fsp3) is 0.367. The van der Waals surface area contributed by atoms with Crippen molar-refractivity contribution in [2.75, 3.05) is 25.5 Å². The second-order valence-electron chi connectivity index (χ2n) is 9.74. The number of ether oxygens (including phenoxy) is 2. The van der Waals surface area contributed by atoms with Crippen molar-refractivity contribution in [3.63, 3.8) is 0 Å². The molecule has 0 bridgehead atoms. The van der Waals surface area contributed by atoms with Crippen LogP contribution in [0.15, 0.2) is 72.8 Å². The van der Waals surface area contributed by atoms with E-state index in [1.54, 1.807) is 32.2 Å². The van der Waals surface area contributed by atoms with Crippen LogP contribution >= 0.6 is 0 Å². The number of aryl methyl sites for hydroxylation is 1. The molecular weight excluding hydrogens is 493 g/mol. The molecule has 5 nitrogen and oxygen atoms in total. The molecule has 204 valence electrons. The zero-order valence-corrected chi connectivity index (χ0v) is 22.3. The molecule has 3 aromatic rings. The molecule has 1 N–H and O–H groups in total. The van der Waals surface area contributed by atoms with Crippen molar-refractivity contribution in [3.05, 3.63) is 89.5 Å². The van der Waals surface area contributed by atoms with E-state index in [1.165, 1.54) is 17.7 Å². The minimum Gasteiger partial charge on any atom is -0.497 e. The molecule has 4 rings (SSSR count). The Balaban J connectivity index is 0.000000375. The molecule has 0 radical (unpaired) electrons. The van der Waals surface area contributed by atoms with Crippen molar-refractivity contribution < 1.29 is 27.4 Å². The summed E-state index contributed by atoms with van der Waals surface area (Å²) in [6.07, 6.45) is -3.09. The molecule has 8 heteroatoms. The number of carbonyl (C=O) groups excluding carboxylic acids is 1. The van der Waals surface area contributed by atoms with Crippen LogP contribution in [0.5, 0.6) is 11.5 Å². The summed E-state index contributed by atoms with van der Waals surface area (Å²) < 4.78 is 47.0. The first-order valence-electron chi connectivity index (χ1n) is 12.5. The van der Waals surface area contributed by atoms with Gasteiger partial charge in [-0.05, 0) is 63.9 Å². The lowest BCUT2D eigenvalue weighted by Crippen LogP contribution is -2.47. The molecule has 1 saturated heterocycles. The minimum atomic E-state index is -4.70. The van der Waals surface area contributed by atoms with Crippen LogP contribution in [0, 0.1) is 6.92 Å². The van der Waals surface area contributed by atoms with Gasteiger partial charge in [-0.2, -0.15) is 0 Å². The Kier molecular flexibility index (Phi) is 9.80. The van der Waals surface area contributed by atoms with Gasteiger partial charge in [0.1, 0.15) is 11.5 Å². The van der Waals surface area contributed by atoms with Gasteiger partial charge in [0.15, 0.2) is 5.78 Å². The van der Waals surface area contributed by atoms with Gasteiger partial charge in [0, 0.05) is 42.0 Å². The van der Waals surface area contributed by atoms with Gasteiger partial charge in [-0.15, -0.1) is 13.2 Å². The number of Topliss-reactive ketones (excluding diaryl/α,β-unsaturated/α-hetero) is 1. The van der Waals surface area contributed by atoms with Gasteiger partial charge in [-0.25, -0.2) is 0 Å². The van der Waals surface area contributed by atoms with Gasteiger partial charge >= 0.3 is 6.36 Å². The second-order valence-corrected chi connectivity index (χ2v) is 9.74. The number of carbonyl (C=O) groups is 1. The van der Waals surface area contributed by atoms with Crippen LogP contribution in [0.25, 0.3) is 0 Å². The van der Waals surface area contributed by atoms with Crippen molar-refractivity contribution in [2.45, 2.75) is 52.1 Å². The number of hydrogen-bond donors (Lipinski definition) is 1. The predicted molar refractivity (Wildman–Crippen MR) is 144 cm³/mol. The standard InChI is InChI=1S/C22H25F3N2O2.C8H10O/c1-16(28)18-8-4-5-9-19(18)26-21(2)11-13-27(14-12-21)15-17-7-3-6-10-20(17)29-22(23,24)25;1-7-3-5-8(9-2)6-4-7/h3-10,26H,11-15H2,1-2H3;3-6H,1-2H3. The largest absolute Gasteiger partial charge is 0.573 e. The molecule has 1 fully saturated rings. The number of methoxy groups -OCH3 is 1. The van der Waals surface area contributed by atoms with Crippen molar-refractivity contribution in [3.8, 4) is 11.5 Å². The molecule has 1 aliphatic heterocycles. The molecular formula is C30H35F3N2O3. The number of benzene rings is 3. The number of likely N-dealkylation sites (tertiary alicyclic amines) is 1. The number of rotatable bonds is 7. The Morgan fingerprint density at radius 3 is 2.18 bits per heavy atom. The third kappa shape index (κ3) is 8.80. The Morgan fingerprint density at radius 1 is 0.974 bits per heavy atom. The van der Waals surface area contributed by atoms with Gasteiger partial charge in [-0.3, -0.25) is 9.69 Å². The first kappa shape index (κ1) is 29.0. The lowest BCUT2D eigenvalue weighted by atomic mass is 9.88. The van der Waals surface area contributed by atoms with Crippen molar-refractivity contribution >= 4 is 11.5 Å². The highest BCUT2D eigenvalue weighted by atomic mass is 19.4. The molecule has 0 atom stereocenters. The minimum absolute atomic E-state index is 0.00964. The molecule has 0 aromatic heterocycles. The van der Waals surface area contributed by atoms with Crippen molar-refractivity contribution in [1.82, 2.24) is 4.90 Å². The van der Waals surface area contributed by atoms with Gasteiger partial charge in [0.05, 0.1) is 7.11 Å². The average Bonchev–Trinajstić information content (AvgIpc) is 2.87. The number of nitrogens with one attached hydrogen (secondary N) is 1. The molecule has 1 aliphatic rings. The topological polar surface area (TPSA) is 50.8 Å². The number of para-hydroxylation sites is 2. The fourth-order valence-electron chi connectivity index (χ4n) is 4.33. The quantitative estimate of drug-likeness (QED) is 0.327. The van der Waals surface area contributed by atoms with E-state index in [2.05, 4.69) is 28.8 Å². The number of nitrogens with zero attached hydrogens (tertiary/aromatic N) is 1. The third-order valence-electron chi connectivity index (χ3n) is 6.55. The summed E-state index contributed by atoms with van der Waals surface area (Å²) in [5, 5.41) is 3.51. The lowest BCUT2D eigenvalue weighted by Gasteiger charge is -2.41. The third-order valence-corrected chi connectivity index (χ3v) is 6.55. The van der Waals surface area contributed by atoms with Gasteiger partial charge in [-0.1, -0.05) is 48.0 Å². The summed E-state index contributed by atoms with van der Waals surface area (Å²) >= 11 is 0. The highest BCUT2D eigenvalue weighted by Crippen LogP contribution is 2.31. The molecule has 38 heavy (non-hydrogen) atoms. The number of alkyl halides is 3. The summed E-state index contributed by atoms with van der Waals surface area (Å²) in [4.78, 5) is 14.0. The SMILES string of the molecule is CC(=O)c1ccccc1NC1(C)CCN(Cc2ccccc2OC(F)(F)F)CC1.COc1ccc(C)cc1. The normalized spacial score (nSPS) is 15.1. The zero-order valence-electron chi connectivity index (χ0n) is 22.3. The maximum absolute atomic E-state index is 12.6. The monoisotopic (exact) mass is 528 g/mol. The molecule has 0 amide bonds. The van der Waals surface area contributed by atoms with Crippen LogP contribution in [0.3, 0.4) is 0 Å². The summed E-state index contributed by atoms with van der Waals surface area (Å²) in [6, 6.07) is 21.7. The van der Waals surface area contributed by atoms with Crippen LogP contribution < -0.4 is 14.8 Å². The van der Waals surface area contributed by atoms with E-state index in [0.717, 1.165) is 37.4 Å². The Labute approximate surface area is 222 Å². The number of ketones is 1. The van der Waals surface area contributed by atoms with Crippen molar-refractivity contribution in [1.29, 1.82) is 0 Å². The van der Waals surface area contributed by atoms with E-state index in [1.807, 2.05) is 42.5 Å². The van der Waals surface area contributed by atoms with Gasteiger partial charge in [0.25, 0.3) is 0 Å². The second kappa shape index (κ2) is 12.8.